The van der Waals surface area contributed by atoms with E-state index in [1.165, 1.54) is 0 Å². The third-order valence-electron chi connectivity index (χ3n) is 6.27. The monoisotopic (exact) mass is 506 g/mol. The van der Waals surface area contributed by atoms with Gasteiger partial charge in [-0.25, -0.2) is 0 Å². The van der Waals surface area contributed by atoms with Crippen molar-refractivity contribution >= 4 is 23.4 Å². The van der Waals surface area contributed by atoms with Gasteiger partial charge in [0.25, 0.3) is 5.91 Å². The molecule has 0 radical (unpaired) electrons. The van der Waals surface area contributed by atoms with Crippen molar-refractivity contribution < 1.29 is 14.3 Å². The molecule has 0 fully saturated rings. The van der Waals surface area contributed by atoms with Gasteiger partial charge in [-0.05, 0) is 60.7 Å². The van der Waals surface area contributed by atoms with Crippen molar-refractivity contribution in [3.63, 3.8) is 0 Å². The summed E-state index contributed by atoms with van der Waals surface area (Å²) in [7, 11) is 0. The molecule has 0 aliphatic carbocycles. The minimum atomic E-state index is -0.686. The summed E-state index contributed by atoms with van der Waals surface area (Å²) in [6.07, 6.45) is 2.26. The molecule has 36 heavy (non-hydrogen) atoms. The average Bonchev–Trinajstić information content (AvgIpc) is 2.88. The van der Waals surface area contributed by atoms with E-state index in [2.05, 4.69) is 12.2 Å². The van der Waals surface area contributed by atoms with Crippen molar-refractivity contribution in [2.75, 3.05) is 13.2 Å². The molecular formula is C30H35ClN2O3. The smallest absolute Gasteiger partial charge is 0.261 e. The Kier molecular flexibility index (Phi) is 10.4. The number of benzene rings is 3. The van der Waals surface area contributed by atoms with Crippen LogP contribution in [0, 0.1) is 13.8 Å². The molecule has 6 heteroatoms. The first-order valence-electron chi connectivity index (χ1n) is 12.4. The molecule has 0 saturated heterocycles. The van der Waals surface area contributed by atoms with Crippen molar-refractivity contribution in [3.05, 3.63) is 100 Å². The Morgan fingerprint density at radius 1 is 0.944 bits per heavy atom. The van der Waals surface area contributed by atoms with Crippen LogP contribution >= 0.6 is 11.6 Å². The predicted octanol–water partition coefficient (Wildman–Crippen LogP) is 5.89. The third kappa shape index (κ3) is 7.85. The molecule has 190 valence electrons. The van der Waals surface area contributed by atoms with Crippen LogP contribution in [-0.4, -0.2) is 35.9 Å². The van der Waals surface area contributed by atoms with Crippen molar-refractivity contribution in [2.24, 2.45) is 0 Å². The first-order chi connectivity index (χ1) is 17.4. The highest BCUT2D eigenvalue weighted by Gasteiger charge is 2.30. The summed E-state index contributed by atoms with van der Waals surface area (Å²) in [5, 5.41) is 3.65. The number of rotatable bonds is 12. The lowest BCUT2D eigenvalue weighted by Crippen LogP contribution is -2.51. The molecule has 5 nitrogen and oxygen atoms in total. The minimum Gasteiger partial charge on any atom is -0.483 e. The number of carbonyl (C=O) groups excluding carboxylic acids is 2. The summed E-state index contributed by atoms with van der Waals surface area (Å²) in [4.78, 5) is 28.7. The second-order valence-electron chi connectivity index (χ2n) is 8.98. The molecular weight excluding hydrogens is 472 g/mol. The van der Waals surface area contributed by atoms with Gasteiger partial charge in [-0.3, -0.25) is 9.59 Å². The molecule has 1 atom stereocenters. The fourth-order valence-electron chi connectivity index (χ4n) is 3.95. The molecule has 0 heterocycles. The van der Waals surface area contributed by atoms with E-state index in [-0.39, 0.29) is 25.0 Å². The normalized spacial score (nSPS) is 11.6. The van der Waals surface area contributed by atoms with Gasteiger partial charge in [0.05, 0.1) is 0 Å². The Labute approximate surface area is 219 Å². The second kappa shape index (κ2) is 13.7. The largest absolute Gasteiger partial charge is 0.483 e. The molecule has 0 aromatic heterocycles. The highest BCUT2D eigenvalue weighted by molar-refractivity contribution is 6.30. The quantitative estimate of drug-likeness (QED) is 0.311. The molecule has 0 spiro atoms. The first-order valence-corrected chi connectivity index (χ1v) is 12.8. The molecule has 1 N–H and O–H groups in total. The molecule has 0 aliphatic heterocycles. The molecule has 3 aromatic rings. The number of nitrogens with one attached hydrogen (secondary N) is 1. The number of aryl methyl sites for hydroxylation is 1. The number of carbonyl (C=O) groups is 2. The van der Waals surface area contributed by atoms with Gasteiger partial charge in [0, 0.05) is 24.5 Å². The zero-order chi connectivity index (χ0) is 25.9. The highest BCUT2D eigenvalue weighted by Crippen LogP contribution is 2.22. The summed E-state index contributed by atoms with van der Waals surface area (Å²) in [6.45, 7) is 6.74. The highest BCUT2D eigenvalue weighted by atomic mass is 35.5. The minimum absolute atomic E-state index is 0.161. The lowest BCUT2D eigenvalue weighted by Gasteiger charge is -2.31. The molecule has 3 rings (SSSR count). The van der Waals surface area contributed by atoms with Crippen LogP contribution in [0.1, 0.15) is 42.0 Å². The number of nitrogens with zero attached hydrogens (tertiary/aromatic N) is 1. The molecule has 0 saturated carbocycles. The van der Waals surface area contributed by atoms with Gasteiger partial charge in [0.1, 0.15) is 11.8 Å². The third-order valence-corrected chi connectivity index (χ3v) is 6.52. The van der Waals surface area contributed by atoms with Crippen LogP contribution in [0.2, 0.25) is 5.02 Å². The molecule has 0 unspecified atom stereocenters. The second-order valence-corrected chi connectivity index (χ2v) is 9.42. The average molecular weight is 507 g/mol. The van der Waals surface area contributed by atoms with Crippen LogP contribution in [0.3, 0.4) is 0 Å². The van der Waals surface area contributed by atoms with Gasteiger partial charge >= 0.3 is 0 Å². The van der Waals surface area contributed by atoms with Crippen LogP contribution in [0.25, 0.3) is 0 Å². The van der Waals surface area contributed by atoms with Gasteiger partial charge in [-0.1, -0.05) is 79.5 Å². The van der Waals surface area contributed by atoms with E-state index in [0.717, 1.165) is 35.1 Å². The Morgan fingerprint density at radius 2 is 1.67 bits per heavy atom. The first kappa shape index (κ1) is 27.3. The summed E-state index contributed by atoms with van der Waals surface area (Å²) < 4.78 is 5.95. The number of ether oxygens (including phenoxy) is 1. The van der Waals surface area contributed by atoms with Crippen molar-refractivity contribution in [3.8, 4) is 5.75 Å². The number of hydrogen-bond acceptors (Lipinski definition) is 3. The van der Waals surface area contributed by atoms with Crippen molar-refractivity contribution in [1.29, 1.82) is 0 Å². The van der Waals surface area contributed by atoms with E-state index >= 15 is 0 Å². The van der Waals surface area contributed by atoms with E-state index in [1.807, 2.05) is 74.5 Å². The maximum absolute atomic E-state index is 13.6. The topological polar surface area (TPSA) is 58.6 Å². The number of hydrogen-bond donors (Lipinski definition) is 1. The van der Waals surface area contributed by atoms with Crippen LogP contribution in [-0.2, 0) is 22.6 Å². The van der Waals surface area contributed by atoms with Gasteiger partial charge in [0.2, 0.25) is 5.91 Å². The van der Waals surface area contributed by atoms with E-state index in [4.69, 9.17) is 16.3 Å². The molecule has 0 aliphatic rings. The number of unbranched alkanes of at least 4 members (excludes halogenated alkanes) is 1. The summed E-state index contributed by atoms with van der Waals surface area (Å²) in [5.74, 6) is 0.251. The Bertz CT molecular complexity index is 1130. The lowest BCUT2D eigenvalue weighted by atomic mass is 10.0. The van der Waals surface area contributed by atoms with Gasteiger partial charge in [-0.15, -0.1) is 0 Å². The zero-order valence-electron chi connectivity index (χ0n) is 21.3. The van der Waals surface area contributed by atoms with E-state index in [1.54, 1.807) is 17.0 Å². The van der Waals surface area contributed by atoms with E-state index < -0.39 is 6.04 Å². The van der Waals surface area contributed by atoms with Gasteiger partial charge in [-0.2, -0.15) is 0 Å². The van der Waals surface area contributed by atoms with Gasteiger partial charge < -0.3 is 15.0 Å². The fourth-order valence-corrected chi connectivity index (χ4v) is 4.08. The van der Waals surface area contributed by atoms with Crippen molar-refractivity contribution in [1.82, 2.24) is 10.2 Å². The van der Waals surface area contributed by atoms with Gasteiger partial charge in [0.15, 0.2) is 6.61 Å². The zero-order valence-corrected chi connectivity index (χ0v) is 22.1. The van der Waals surface area contributed by atoms with Crippen LogP contribution in [0.4, 0.5) is 0 Å². The maximum Gasteiger partial charge on any atom is 0.261 e. The Morgan fingerprint density at radius 3 is 2.36 bits per heavy atom. The van der Waals surface area contributed by atoms with Crippen molar-refractivity contribution in [2.45, 2.75) is 52.6 Å². The standard InChI is InChI=1S/C30H35ClN2O3/c1-4-5-18-32-30(35)27(19-24-11-7-6-8-12-24)33(20-25-14-16-26(31)17-15-25)29(34)21-36-28-13-9-10-22(2)23(28)3/h6-17,27H,4-5,18-21H2,1-3H3,(H,32,35)/t27-/m1/s1. The predicted molar refractivity (Wildman–Crippen MR) is 145 cm³/mol. The molecule has 0 bridgehead atoms. The molecule has 3 aromatic carbocycles. The lowest BCUT2D eigenvalue weighted by molar-refractivity contribution is -0.142. The van der Waals surface area contributed by atoms with Crippen LogP contribution in [0.15, 0.2) is 72.8 Å². The van der Waals surface area contributed by atoms with E-state index in [9.17, 15) is 9.59 Å². The fraction of sp³-hybridized carbons (Fsp3) is 0.333. The summed E-state index contributed by atoms with van der Waals surface area (Å²) >= 11 is 6.08. The summed E-state index contributed by atoms with van der Waals surface area (Å²) in [6, 6.07) is 22.2. The summed E-state index contributed by atoms with van der Waals surface area (Å²) in [5.41, 5.74) is 3.96. The maximum atomic E-state index is 13.6. The Balaban J connectivity index is 1.89. The van der Waals surface area contributed by atoms with E-state index in [0.29, 0.717) is 23.7 Å². The Hall–Kier alpha value is -3.31. The molecule has 2 amide bonds. The number of amides is 2. The SMILES string of the molecule is CCCCNC(=O)[C@@H](Cc1ccccc1)N(Cc1ccc(Cl)cc1)C(=O)COc1cccc(C)c1C. The van der Waals surface area contributed by atoms with Crippen LogP contribution in [0.5, 0.6) is 5.75 Å². The van der Waals surface area contributed by atoms with Crippen LogP contribution < -0.4 is 10.1 Å². The number of halogens is 1.